The van der Waals surface area contributed by atoms with Crippen molar-refractivity contribution in [2.24, 2.45) is 0 Å². The van der Waals surface area contributed by atoms with Gasteiger partial charge in [-0.05, 0) is 48.9 Å². The summed E-state index contributed by atoms with van der Waals surface area (Å²) in [6, 6.07) is 16.6. The minimum atomic E-state index is -4.49. The Labute approximate surface area is 227 Å². The molecule has 0 saturated heterocycles. The Morgan fingerprint density at radius 1 is 1.00 bits per heavy atom. The van der Waals surface area contributed by atoms with Crippen molar-refractivity contribution in [3.63, 3.8) is 0 Å². The van der Waals surface area contributed by atoms with Crippen molar-refractivity contribution in [3.05, 3.63) is 78.9 Å². The maximum atomic E-state index is 13.1. The third-order valence-electron chi connectivity index (χ3n) is 5.98. The van der Waals surface area contributed by atoms with E-state index in [1.54, 1.807) is 35.3 Å². The standard InChI is InChI=1S/C26H23F3N8O2S/c1-16(17-6-8-19(9-7-17)37-15-30-14-32-37)33-25-35-22-11-10-21(18-4-3-5-20(12-18)40(2,38)39)34-23(22)24(36-25)31-13-26(27,28)29/h3-12,14-16H,13H2,1-2H3,(H2,31,33,35,36). The first-order valence-electron chi connectivity index (χ1n) is 12.0. The Morgan fingerprint density at radius 2 is 1.77 bits per heavy atom. The fourth-order valence-corrected chi connectivity index (χ4v) is 4.63. The molecule has 206 valence electrons. The predicted molar refractivity (Wildman–Crippen MR) is 144 cm³/mol. The number of nitrogens with zero attached hydrogens (tertiary/aromatic N) is 6. The summed E-state index contributed by atoms with van der Waals surface area (Å²) >= 11 is 0. The highest BCUT2D eigenvalue weighted by atomic mass is 32.2. The van der Waals surface area contributed by atoms with Crippen molar-refractivity contribution >= 4 is 32.6 Å². The summed E-state index contributed by atoms with van der Waals surface area (Å²) in [6.07, 6.45) is -0.389. The van der Waals surface area contributed by atoms with Crippen molar-refractivity contribution in [2.45, 2.75) is 24.0 Å². The molecule has 40 heavy (non-hydrogen) atoms. The molecule has 10 nitrogen and oxygen atoms in total. The number of benzene rings is 2. The molecule has 2 aromatic carbocycles. The van der Waals surface area contributed by atoms with E-state index in [2.05, 4.69) is 35.7 Å². The summed E-state index contributed by atoms with van der Waals surface area (Å²) in [5.41, 5.74) is 2.96. The lowest BCUT2D eigenvalue weighted by atomic mass is 10.1. The van der Waals surface area contributed by atoms with E-state index in [0.717, 1.165) is 17.5 Å². The Hall–Kier alpha value is -4.59. The lowest BCUT2D eigenvalue weighted by Crippen LogP contribution is -2.22. The maximum Gasteiger partial charge on any atom is 0.405 e. The number of nitrogens with one attached hydrogen (secondary N) is 2. The first-order chi connectivity index (χ1) is 19.0. The molecule has 0 fully saturated rings. The maximum absolute atomic E-state index is 13.1. The Kier molecular flexibility index (Phi) is 7.10. The van der Waals surface area contributed by atoms with Crippen LogP contribution in [0.4, 0.5) is 24.9 Å². The minimum Gasteiger partial charge on any atom is -0.359 e. The molecule has 5 aromatic rings. The largest absolute Gasteiger partial charge is 0.405 e. The van der Waals surface area contributed by atoms with Gasteiger partial charge in [0.25, 0.3) is 0 Å². The zero-order valence-corrected chi connectivity index (χ0v) is 22.1. The fraction of sp³-hybridized carbons (Fsp3) is 0.192. The monoisotopic (exact) mass is 568 g/mol. The molecule has 0 spiro atoms. The molecule has 3 aromatic heterocycles. The highest BCUT2D eigenvalue weighted by Crippen LogP contribution is 2.28. The highest BCUT2D eigenvalue weighted by molar-refractivity contribution is 7.90. The second-order valence-corrected chi connectivity index (χ2v) is 11.0. The quantitative estimate of drug-likeness (QED) is 0.271. The van der Waals surface area contributed by atoms with E-state index in [0.29, 0.717) is 16.8 Å². The van der Waals surface area contributed by atoms with E-state index in [4.69, 9.17) is 0 Å². The second-order valence-electron chi connectivity index (χ2n) is 9.03. The Bertz CT molecular complexity index is 1760. The first kappa shape index (κ1) is 27.0. The van der Waals surface area contributed by atoms with Crippen LogP contribution in [0.1, 0.15) is 18.5 Å². The van der Waals surface area contributed by atoms with Crippen LogP contribution < -0.4 is 10.6 Å². The lowest BCUT2D eigenvalue weighted by Gasteiger charge is -2.17. The average Bonchev–Trinajstić information content (AvgIpc) is 3.46. The van der Waals surface area contributed by atoms with Crippen molar-refractivity contribution in [1.82, 2.24) is 29.7 Å². The number of fused-ring (bicyclic) bond motifs is 1. The topological polar surface area (TPSA) is 128 Å². The number of anilines is 2. The van der Waals surface area contributed by atoms with E-state index in [9.17, 15) is 21.6 Å². The van der Waals surface area contributed by atoms with Crippen molar-refractivity contribution in [1.29, 1.82) is 0 Å². The van der Waals surface area contributed by atoms with Crippen LogP contribution in [-0.2, 0) is 9.84 Å². The van der Waals surface area contributed by atoms with Crippen LogP contribution in [0.3, 0.4) is 0 Å². The third-order valence-corrected chi connectivity index (χ3v) is 7.09. The summed E-state index contributed by atoms with van der Waals surface area (Å²) in [5, 5.41) is 9.56. The normalized spacial score (nSPS) is 12.8. The van der Waals surface area contributed by atoms with Crippen LogP contribution in [0, 0.1) is 0 Å². The SMILES string of the molecule is CC(Nc1nc(NCC(F)(F)F)c2nc(-c3cccc(S(C)(=O)=O)c3)ccc2n1)c1ccc(-n2cncn2)cc1. The van der Waals surface area contributed by atoms with Gasteiger partial charge in [-0.2, -0.15) is 23.3 Å². The van der Waals surface area contributed by atoms with Gasteiger partial charge in [-0.3, -0.25) is 0 Å². The molecule has 0 saturated carbocycles. The van der Waals surface area contributed by atoms with Gasteiger partial charge in [0, 0.05) is 11.8 Å². The molecule has 2 N–H and O–H groups in total. The van der Waals surface area contributed by atoms with E-state index in [1.807, 2.05) is 31.2 Å². The summed E-state index contributed by atoms with van der Waals surface area (Å²) in [5.74, 6) is -0.00155. The molecular formula is C26H23F3N8O2S. The Balaban J connectivity index is 1.48. The molecule has 14 heteroatoms. The molecule has 0 aliphatic rings. The zero-order valence-electron chi connectivity index (χ0n) is 21.3. The Morgan fingerprint density at radius 3 is 2.45 bits per heavy atom. The number of alkyl halides is 3. The lowest BCUT2D eigenvalue weighted by molar-refractivity contribution is -0.115. The number of aromatic nitrogens is 6. The third kappa shape index (κ3) is 6.17. The molecule has 0 bridgehead atoms. The smallest absolute Gasteiger partial charge is 0.359 e. The second kappa shape index (κ2) is 10.5. The van der Waals surface area contributed by atoms with Gasteiger partial charge >= 0.3 is 6.18 Å². The molecule has 0 aliphatic carbocycles. The molecule has 1 unspecified atom stereocenters. The molecular weight excluding hydrogens is 545 g/mol. The number of hydrogen-bond donors (Lipinski definition) is 2. The van der Waals surface area contributed by atoms with Crippen molar-refractivity contribution < 1.29 is 21.6 Å². The van der Waals surface area contributed by atoms with Gasteiger partial charge < -0.3 is 10.6 Å². The molecule has 0 amide bonds. The molecule has 0 aliphatic heterocycles. The van der Waals surface area contributed by atoms with E-state index >= 15 is 0 Å². The van der Waals surface area contributed by atoms with E-state index in [1.165, 1.54) is 18.5 Å². The van der Waals surface area contributed by atoms with Crippen LogP contribution >= 0.6 is 0 Å². The molecule has 5 rings (SSSR count). The van der Waals surface area contributed by atoms with Crippen LogP contribution in [0.25, 0.3) is 28.0 Å². The number of rotatable bonds is 8. The van der Waals surface area contributed by atoms with E-state index < -0.39 is 22.6 Å². The summed E-state index contributed by atoms with van der Waals surface area (Å²) in [4.78, 5) is 17.3. The van der Waals surface area contributed by atoms with Gasteiger partial charge in [0.05, 0.1) is 27.8 Å². The fourth-order valence-electron chi connectivity index (χ4n) is 3.97. The van der Waals surface area contributed by atoms with Crippen LogP contribution in [0.2, 0.25) is 0 Å². The summed E-state index contributed by atoms with van der Waals surface area (Å²) in [7, 11) is -3.47. The van der Waals surface area contributed by atoms with Crippen molar-refractivity contribution in [3.8, 4) is 16.9 Å². The van der Waals surface area contributed by atoms with Gasteiger partial charge in [-0.25, -0.2) is 28.1 Å². The molecule has 3 heterocycles. The average molecular weight is 569 g/mol. The van der Waals surface area contributed by atoms with Gasteiger partial charge in [-0.1, -0.05) is 24.3 Å². The number of halogens is 3. The van der Waals surface area contributed by atoms with E-state index in [-0.39, 0.29) is 28.2 Å². The minimum absolute atomic E-state index is 0.0985. The number of sulfone groups is 1. The zero-order chi connectivity index (χ0) is 28.5. The number of pyridine rings is 1. The summed E-state index contributed by atoms with van der Waals surface area (Å²) < 4.78 is 64.9. The van der Waals surface area contributed by atoms with Crippen molar-refractivity contribution in [2.75, 3.05) is 23.4 Å². The first-order valence-corrected chi connectivity index (χ1v) is 13.9. The van der Waals surface area contributed by atoms with Gasteiger partial charge in [0.15, 0.2) is 15.7 Å². The predicted octanol–water partition coefficient (Wildman–Crippen LogP) is 4.82. The highest BCUT2D eigenvalue weighted by Gasteiger charge is 2.27. The van der Waals surface area contributed by atoms with Gasteiger partial charge in [-0.15, -0.1) is 0 Å². The molecule has 1 atom stereocenters. The van der Waals surface area contributed by atoms with Gasteiger partial charge in [0.2, 0.25) is 5.95 Å². The van der Waals surface area contributed by atoms with Crippen LogP contribution in [-0.4, -0.2) is 57.1 Å². The van der Waals surface area contributed by atoms with Gasteiger partial charge in [0.1, 0.15) is 24.7 Å². The van der Waals surface area contributed by atoms with Crippen LogP contribution in [0.15, 0.2) is 78.2 Å². The number of hydrogen-bond acceptors (Lipinski definition) is 9. The summed E-state index contributed by atoms with van der Waals surface area (Å²) in [6.45, 7) is 0.546. The molecule has 0 radical (unpaired) electrons. The van der Waals surface area contributed by atoms with Crippen LogP contribution in [0.5, 0.6) is 0 Å².